The van der Waals surface area contributed by atoms with E-state index in [1.807, 2.05) is 0 Å². The van der Waals surface area contributed by atoms with Crippen LogP contribution in [0.4, 0.5) is 5.88 Å². The molecule has 0 fully saturated rings. The third-order valence-electron chi connectivity index (χ3n) is 3.37. The molecule has 3 heterocycles. The van der Waals surface area contributed by atoms with Crippen molar-refractivity contribution in [1.82, 2.24) is 18.7 Å². The van der Waals surface area contributed by atoms with Crippen molar-refractivity contribution >= 4 is 29.3 Å². The standard InChI is InChI=1S/C13H11N5O5/c1-15-11-10(12(19)16(2)13(15)20)17(7-14-11)6-5-8-3-4-9(23-8)18(21)22/h3-7H,1-2H3/b6-5+. The van der Waals surface area contributed by atoms with Gasteiger partial charge in [0.05, 0.1) is 6.07 Å². The molecule has 0 aliphatic heterocycles. The van der Waals surface area contributed by atoms with Gasteiger partial charge in [-0.1, -0.05) is 0 Å². The summed E-state index contributed by atoms with van der Waals surface area (Å²) >= 11 is 0. The van der Waals surface area contributed by atoms with Crippen LogP contribution in [0.5, 0.6) is 0 Å². The lowest BCUT2D eigenvalue weighted by atomic mass is 10.4. The fourth-order valence-corrected chi connectivity index (χ4v) is 2.16. The molecule has 3 aromatic heterocycles. The third kappa shape index (κ3) is 2.25. The Morgan fingerprint density at radius 2 is 2.00 bits per heavy atom. The average molecular weight is 317 g/mol. The molecule has 0 N–H and O–H groups in total. The molecule has 0 aromatic carbocycles. The van der Waals surface area contributed by atoms with Gasteiger partial charge in [0.15, 0.2) is 11.2 Å². The number of aromatic nitrogens is 4. The Morgan fingerprint density at radius 1 is 1.26 bits per heavy atom. The van der Waals surface area contributed by atoms with Crippen molar-refractivity contribution in [3.63, 3.8) is 0 Å². The number of furan rings is 1. The average Bonchev–Trinajstić information content (AvgIpc) is 3.15. The number of aryl methyl sites for hydroxylation is 1. The van der Waals surface area contributed by atoms with E-state index >= 15 is 0 Å². The molecule has 0 saturated heterocycles. The van der Waals surface area contributed by atoms with Gasteiger partial charge in [0.1, 0.15) is 17.0 Å². The van der Waals surface area contributed by atoms with Gasteiger partial charge in [0.25, 0.3) is 5.56 Å². The second-order valence-electron chi connectivity index (χ2n) is 4.78. The van der Waals surface area contributed by atoms with Gasteiger partial charge in [-0.2, -0.15) is 0 Å². The molecule has 0 atom stereocenters. The normalized spacial score (nSPS) is 11.6. The number of fused-ring (bicyclic) bond motifs is 1. The maximum Gasteiger partial charge on any atom is 0.433 e. The number of nitrogens with zero attached hydrogens (tertiary/aromatic N) is 5. The summed E-state index contributed by atoms with van der Waals surface area (Å²) in [6, 6.07) is 2.66. The minimum atomic E-state index is -0.643. The maximum absolute atomic E-state index is 12.2. The van der Waals surface area contributed by atoms with Gasteiger partial charge in [0, 0.05) is 20.3 Å². The summed E-state index contributed by atoms with van der Waals surface area (Å²) in [7, 11) is 2.89. The monoisotopic (exact) mass is 317 g/mol. The molecule has 0 spiro atoms. The SMILES string of the molecule is Cn1c(=O)c2c(ncn2/C=C/c2ccc([N+](=O)[O-])o2)n(C)c1=O. The highest BCUT2D eigenvalue weighted by atomic mass is 16.6. The molecule has 118 valence electrons. The van der Waals surface area contributed by atoms with Crippen molar-refractivity contribution in [1.29, 1.82) is 0 Å². The first-order chi connectivity index (χ1) is 10.9. The van der Waals surface area contributed by atoms with Crippen molar-refractivity contribution in [3.8, 4) is 0 Å². The van der Waals surface area contributed by atoms with Crippen LogP contribution in [0.25, 0.3) is 23.4 Å². The van der Waals surface area contributed by atoms with Crippen LogP contribution in [-0.4, -0.2) is 23.6 Å². The lowest BCUT2D eigenvalue weighted by Gasteiger charge is -2.03. The number of imidazole rings is 1. The molecular weight excluding hydrogens is 306 g/mol. The van der Waals surface area contributed by atoms with Crippen LogP contribution in [-0.2, 0) is 14.1 Å². The summed E-state index contributed by atoms with van der Waals surface area (Å²) in [4.78, 5) is 38.0. The van der Waals surface area contributed by atoms with Crippen LogP contribution in [0.2, 0.25) is 0 Å². The predicted molar refractivity (Wildman–Crippen MR) is 80.8 cm³/mol. The molecule has 10 nitrogen and oxygen atoms in total. The number of hydrogen-bond donors (Lipinski definition) is 0. The predicted octanol–water partition coefficient (Wildman–Crippen LogP) is 0.563. The third-order valence-corrected chi connectivity index (χ3v) is 3.37. The molecule has 23 heavy (non-hydrogen) atoms. The highest BCUT2D eigenvalue weighted by Gasteiger charge is 2.13. The summed E-state index contributed by atoms with van der Waals surface area (Å²) < 4.78 is 8.66. The van der Waals surface area contributed by atoms with Crippen LogP contribution >= 0.6 is 0 Å². The molecular formula is C13H11N5O5. The summed E-state index contributed by atoms with van der Waals surface area (Å²) in [6.45, 7) is 0. The zero-order chi connectivity index (χ0) is 16.7. The minimum Gasteiger partial charge on any atom is -0.401 e. The molecule has 0 bridgehead atoms. The van der Waals surface area contributed by atoms with Crippen LogP contribution in [0.1, 0.15) is 5.76 Å². The summed E-state index contributed by atoms with van der Waals surface area (Å²) in [5.74, 6) is -0.126. The number of hydrogen-bond acceptors (Lipinski definition) is 6. The van der Waals surface area contributed by atoms with E-state index in [1.54, 1.807) is 0 Å². The van der Waals surface area contributed by atoms with Crippen molar-refractivity contribution in [2.75, 3.05) is 0 Å². The lowest BCUT2D eigenvalue weighted by Crippen LogP contribution is -2.37. The first-order valence-electron chi connectivity index (χ1n) is 6.45. The fourth-order valence-electron chi connectivity index (χ4n) is 2.16. The van der Waals surface area contributed by atoms with Gasteiger partial charge in [-0.25, -0.2) is 9.78 Å². The highest BCUT2D eigenvalue weighted by molar-refractivity contribution is 5.74. The first-order valence-corrected chi connectivity index (χ1v) is 6.45. The second-order valence-corrected chi connectivity index (χ2v) is 4.78. The van der Waals surface area contributed by atoms with E-state index in [-0.39, 0.29) is 22.8 Å². The first kappa shape index (κ1) is 14.5. The smallest absolute Gasteiger partial charge is 0.401 e. The molecule has 0 aliphatic rings. The Labute approximate surface area is 127 Å². The fraction of sp³-hybridized carbons (Fsp3) is 0.154. The van der Waals surface area contributed by atoms with Gasteiger partial charge >= 0.3 is 11.6 Å². The topological polar surface area (TPSA) is 118 Å². The van der Waals surface area contributed by atoms with Gasteiger partial charge in [-0.05, 0) is 12.1 Å². The molecule has 0 aliphatic carbocycles. The van der Waals surface area contributed by atoms with Crippen LogP contribution < -0.4 is 11.2 Å². The summed E-state index contributed by atoms with van der Waals surface area (Å²) in [6.07, 6.45) is 4.31. The zero-order valence-electron chi connectivity index (χ0n) is 12.2. The highest BCUT2D eigenvalue weighted by Crippen LogP contribution is 2.17. The van der Waals surface area contributed by atoms with Gasteiger partial charge in [0.2, 0.25) is 0 Å². The number of rotatable bonds is 3. The zero-order valence-corrected chi connectivity index (χ0v) is 12.2. The molecule has 3 rings (SSSR count). The van der Waals surface area contributed by atoms with Gasteiger partial charge < -0.3 is 4.42 Å². The molecule has 10 heteroatoms. The van der Waals surface area contributed by atoms with E-state index in [0.717, 1.165) is 4.57 Å². The quantitative estimate of drug-likeness (QED) is 0.514. The Balaban J connectivity index is 2.10. The van der Waals surface area contributed by atoms with E-state index < -0.39 is 16.2 Å². The Kier molecular flexibility index (Phi) is 3.21. The van der Waals surface area contributed by atoms with Crippen LogP contribution in [0.15, 0.2) is 32.5 Å². The van der Waals surface area contributed by atoms with Crippen LogP contribution in [0, 0.1) is 10.1 Å². The van der Waals surface area contributed by atoms with Crippen molar-refractivity contribution in [3.05, 3.63) is 55.2 Å². The van der Waals surface area contributed by atoms with Gasteiger partial charge in [-0.15, -0.1) is 0 Å². The van der Waals surface area contributed by atoms with E-state index in [1.165, 1.54) is 54.0 Å². The van der Waals surface area contributed by atoms with E-state index in [4.69, 9.17) is 4.42 Å². The van der Waals surface area contributed by atoms with E-state index in [9.17, 15) is 19.7 Å². The maximum atomic E-state index is 12.2. The molecule has 0 radical (unpaired) electrons. The lowest BCUT2D eigenvalue weighted by molar-refractivity contribution is -0.402. The minimum absolute atomic E-state index is 0.215. The molecule has 0 saturated carbocycles. The van der Waals surface area contributed by atoms with Crippen molar-refractivity contribution in [2.24, 2.45) is 14.1 Å². The Morgan fingerprint density at radius 3 is 2.65 bits per heavy atom. The summed E-state index contributed by atoms with van der Waals surface area (Å²) in [5, 5.41) is 10.6. The van der Waals surface area contributed by atoms with E-state index in [2.05, 4.69) is 4.98 Å². The largest absolute Gasteiger partial charge is 0.433 e. The van der Waals surface area contributed by atoms with Crippen molar-refractivity contribution in [2.45, 2.75) is 0 Å². The second kappa shape index (κ2) is 5.09. The van der Waals surface area contributed by atoms with Crippen LogP contribution in [0.3, 0.4) is 0 Å². The Bertz CT molecular complexity index is 1060. The van der Waals surface area contributed by atoms with Gasteiger partial charge in [-0.3, -0.25) is 28.6 Å². The number of nitro groups is 1. The molecule has 0 unspecified atom stereocenters. The summed E-state index contributed by atoms with van der Waals surface area (Å²) in [5.41, 5.74) is -0.505. The molecule has 3 aromatic rings. The van der Waals surface area contributed by atoms with Crippen molar-refractivity contribution < 1.29 is 9.34 Å². The molecule has 0 amide bonds. The van der Waals surface area contributed by atoms with E-state index in [0.29, 0.717) is 0 Å². The Hall–Kier alpha value is -3.43.